The number of anilines is 2. The van der Waals surface area contributed by atoms with E-state index in [1.807, 2.05) is 38.4 Å². The molecule has 0 fully saturated rings. The summed E-state index contributed by atoms with van der Waals surface area (Å²) in [5.74, 6) is -0.320. The molecule has 4 nitrogen and oxygen atoms in total. The summed E-state index contributed by atoms with van der Waals surface area (Å²) in [4.78, 5) is 13.2. The third-order valence-corrected chi connectivity index (χ3v) is 3.32. The lowest BCUT2D eigenvalue weighted by Gasteiger charge is -2.14. The molecule has 0 spiro atoms. The number of carbonyl (C=O) groups excluding carboxylic acids is 1. The smallest absolute Gasteiger partial charge is 0.221 e. The third kappa shape index (κ3) is 4.24. The molecule has 3 N–H and O–H groups in total. The molecule has 0 aliphatic carbocycles. The molecule has 2 rings (SSSR count). The van der Waals surface area contributed by atoms with Crippen molar-refractivity contribution in [2.45, 2.75) is 13.0 Å². The van der Waals surface area contributed by atoms with E-state index < -0.39 is 0 Å². The van der Waals surface area contributed by atoms with Crippen LogP contribution in [0.15, 0.2) is 48.5 Å². The van der Waals surface area contributed by atoms with E-state index in [1.165, 1.54) is 11.3 Å². The zero-order valence-corrected chi connectivity index (χ0v) is 12.5. The molecule has 0 saturated heterocycles. The van der Waals surface area contributed by atoms with Gasteiger partial charge in [-0.1, -0.05) is 30.3 Å². The highest BCUT2D eigenvalue weighted by Crippen LogP contribution is 2.18. The number of carbonyl (C=O) groups is 1. The van der Waals surface area contributed by atoms with Crippen LogP contribution < -0.4 is 16.0 Å². The summed E-state index contributed by atoms with van der Waals surface area (Å²) in [5.41, 5.74) is 9.52. The van der Waals surface area contributed by atoms with Crippen molar-refractivity contribution < 1.29 is 4.79 Å². The van der Waals surface area contributed by atoms with E-state index in [2.05, 4.69) is 34.5 Å². The highest BCUT2D eigenvalue weighted by molar-refractivity contribution is 5.78. The van der Waals surface area contributed by atoms with Crippen molar-refractivity contribution in [2.24, 2.45) is 5.73 Å². The molecule has 0 aliphatic heterocycles. The van der Waals surface area contributed by atoms with Gasteiger partial charge in [0.15, 0.2) is 0 Å². The van der Waals surface area contributed by atoms with Crippen molar-refractivity contribution in [2.75, 3.05) is 24.3 Å². The molecule has 110 valence electrons. The van der Waals surface area contributed by atoms with Gasteiger partial charge < -0.3 is 16.0 Å². The van der Waals surface area contributed by atoms with Gasteiger partial charge in [0.1, 0.15) is 0 Å². The Hall–Kier alpha value is -2.49. The van der Waals surface area contributed by atoms with Crippen LogP contribution in [0, 0.1) is 0 Å². The van der Waals surface area contributed by atoms with Gasteiger partial charge in [0.05, 0.1) is 6.42 Å². The quantitative estimate of drug-likeness (QED) is 0.856. The lowest BCUT2D eigenvalue weighted by Crippen LogP contribution is -2.15. The van der Waals surface area contributed by atoms with Crippen molar-refractivity contribution in [3.8, 4) is 0 Å². The zero-order chi connectivity index (χ0) is 15.2. The van der Waals surface area contributed by atoms with Gasteiger partial charge in [-0.2, -0.15) is 0 Å². The maximum atomic E-state index is 11.1. The van der Waals surface area contributed by atoms with E-state index in [0.717, 1.165) is 11.3 Å². The minimum atomic E-state index is -0.320. The summed E-state index contributed by atoms with van der Waals surface area (Å²) >= 11 is 0. The summed E-state index contributed by atoms with van der Waals surface area (Å²) in [7, 11) is 4.04. The molecular weight excluding hydrogens is 262 g/mol. The van der Waals surface area contributed by atoms with E-state index >= 15 is 0 Å². The monoisotopic (exact) mass is 283 g/mol. The SMILES string of the molecule is CN(C)c1ccc(CNc2ccccc2CC(N)=O)cc1. The Bertz CT molecular complexity index is 606. The summed E-state index contributed by atoms with van der Waals surface area (Å²) < 4.78 is 0. The fourth-order valence-electron chi connectivity index (χ4n) is 2.14. The molecule has 4 heteroatoms. The Morgan fingerprint density at radius 1 is 1.10 bits per heavy atom. The summed E-state index contributed by atoms with van der Waals surface area (Å²) in [6.45, 7) is 0.712. The van der Waals surface area contributed by atoms with E-state index in [4.69, 9.17) is 5.73 Å². The van der Waals surface area contributed by atoms with Crippen molar-refractivity contribution in [3.05, 3.63) is 59.7 Å². The summed E-state index contributed by atoms with van der Waals surface area (Å²) in [5, 5.41) is 3.36. The number of para-hydroxylation sites is 1. The molecule has 0 radical (unpaired) electrons. The largest absolute Gasteiger partial charge is 0.381 e. The lowest BCUT2D eigenvalue weighted by molar-refractivity contribution is -0.117. The van der Waals surface area contributed by atoms with Gasteiger partial charge in [0.2, 0.25) is 5.91 Å². The minimum absolute atomic E-state index is 0.253. The normalized spacial score (nSPS) is 10.2. The van der Waals surface area contributed by atoms with Gasteiger partial charge in [-0.15, -0.1) is 0 Å². The van der Waals surface area contributed by atoms with Crippen LogP contribution in [0.2, 0.25) is 0 Å². The molecule has 0 aliphatic rings. The molecule has 0 aromatic heterocycles. The Balaban J connectivity index is 2.04. The van der Waals surface area contributed by atoms with E-state index in [0.29, 0.717) is 6.54 Å². The highest BCUT2D eigenvalue weighted by atomic mass is 16.1. The first-order chi connectivity index (χ1) is 10.1. The Morgan fingerprint density at radius 2 is 1.76 bits per heavy atom. The van der Waals surface area contributed by atoms with Crippen molar-refractivity contribution in [3.63, 3.8) is 0 Å². The first-order valence-corrected chi connectivity index (χ1v) is 6.92. The zero-order valence-electron chi connectivity index (χ0n) is 12.5. The number of hydrogen-bond donors (Lipinski definition) is 2. The minimum Gasteiger partial charge on any atom is -0.381 e. The second-order valence-electron chi connectivity index (χ2n) is 5.21. The molecule has 0 heterocycles. The third-order valence-electron chi connectivity index (χ3n) is 3.32. The highest BCUT2D eigenvalue weighted by Gasteiger charge is 2.04. The Labute approximate surface area is 125 Å². The second kappa shape index (κ2) is 6.79. The van der Waals surface area contributed by atoms with Crippen LogP contribution in [0.1, 0.15) is 11.1 Å². The molecule has 0 saturated carbocycles. The number of primary amides is 1. The first kappa shape index (κ1) is 14.9. The van der Waals surface area contributed by atoms with Crippen LogP contribution in [0.3, 0.4) is 0 Å². The van der Waals surface area contributed by atoms with Crippen LogP contribution in [0.4, 0.5) is 11.4 Å². The molecule has 2 aromatic carbocycles. The van der Waals surface area contributed by atoms with Crippen LogP contribution in [0.25, 0.3) is 0 Å². The van der Waals surface area contributed by atoms with Gasteiger partial charge in [0.25, 0.3) is 0 Å². The average molecular weight is 283 g/mol. The van der Waals surface area contributed by atoms with Crippen molar-refractivity contribution in [1.82, 2.24) is 0 Å². The number of amides is 1. The second-order valence-corrected chi connectivity index (χ2v) is 5.21. The number of nitrogens with two attached hydrogens (primary N) is 1. The van der Waals surface area contributed by atoms with Gasteiger partial charge in [-0.25, -0.2) is 0 Å². The van der Waals surface area contributed by atoms with Crippen molar-refractivity contribution in [1.29, 1.82) is 0 Å². The van der Waals surface area contributed by atoms with Crippen LogP contribution in [-0.4, -0.2) is 20.0 Å². The van der Waals surface area contributed by atoms with Gasteiger partial charge in [0, 0.05) is 32.0 Å². The fraction of sp³-hybridized carbons (Fsp3) is 0.235. The predicted molar refractivity (Wildman–Crippen MR) is 87.4 cm³/mol. The number of benzene rings is 2. The first-order valence-electron chi connectivity index (χ1n) is 6.92. The Kier molecular flexibility index (Phi) is 4.82. The van der Waals surface area contributed by atoms with E-state index in [1.54, 1.807) is 0 Å². The van der Waals surface area contributed by atoms with Gasteiger partial charge >= 0.3 is 0 Å². The molecular formula is C17H21N3O. The molecule has 0 atom stereocenters. The lowest BCUT2D eigenvalue weighted by atomic mass is 10.1. The van der Waals surface area contributed by atoms with Crippen molar-refractivity contribution >= 4 is 17.3 Å². The number of hydrogen-bond acceptors (Lipinski definition) is 3. The van der Waals surface area contributed by atoms with E-state index in [9.17, 15) is 4.79 Å². The molecule has 21 heavy (non-hydrogen) atoms. The molecule has 1 amide bonds. The molecule has 0 bridgehead atoms. The summed E-state index contributed by atoms with van der Waals surface area (Å²) in [6, 6.07) is 16.1. The fourth-order valence-corrected chi connectivity index (χ4v) is 2.14. The topological polar surface area (TPSA) is 58.4 Å². The van der Waals surface area contributed by atoms with Crippen LogP contribution in [-0.2, 0) is 17.8 Å². The van der Waals surface area contributed by atoms with Gasteiger partial charge in [-0.05, 0) is 29.3 Å². The molecule has 0 unspecified atom stereocenters. The van der Waals surface area contributed by atoms with E-state index in [-0.39, 0.29) is 12.3 Å². The molecule has 2 aromatic rings. The maximum Gasteiger partial charge on any atom is 0.221 e. The number of rotatable bonds is 6. The maximum absolute atomic E-state index is 11.1. The van der Waals surface area contributed by atoms with Crippen LogP contribution in [0.5, 0.6) is 0 Å². The Morgan fingerprint density at radius 3 is 2.38 bits per heavy atom. The van der Waals surface area contributed by atoms with Crippen LogP contribution >= 0.6 is 0 Å². The standard InChI is InChI=1S/C17H21N3O/c1-20(2)15-9-7-13(8-10-15)12-19-16-6-4-3-5-14(16)11-17(18)21/h3-10,19H,11-12H2,1-2H3,(H2,18,21). The predicted octanol–water partition coefficient (Wildman–Crippen LogP) is 2.39. The average Bonchev–Trinajstić information content (AvgIpc) is 2.46. The number of nitrogens with one attached hydrogen (secondary N) is 1. The summed E-state index contributed by atoms with van der Waals surface area (Å²) in [6.07, 6.45) is 0.253. The number of nitrogens with zero attached hydrogens (tertiary/aromatic N) is 1. The van der Waals surface area contributed by atoms with Gasteiger partial charge in [-0.3, -0.25) is 4.79 Å².